The quantitative estimate of drug-likeness (QED) is 0.307. The highest BCUT2D eigenvalue weighted by Crippen LogP contribution is 2.29. The summed E-state index contributed by atoms with van der Waals surface area (Å²) >= 11 is 1.80. The summed E-state index contributed by atoms with van der Waals surface area (Å²) in [5.74, 6) is 2.50. The molecule has 1 atom stereocenters. The number of rotatable bonds is 10. The van der Waals surface area contributed by atoms with Crippen LogP contribution in [0.3, 0.4) is 0 Å². The van der Waals surface area contributed by atoms with E-state index < -0.39 is 0 Å². The summed E-state index contributed by atoms with van der Waals surface area (Å²) in [7, 11) is 0. The summed E-state index contributed by atoms with van der Waals surface area (Å²) in [5.41, 5.74) is 2.44. The van der Waals surface area contributed by atoms with Gasteiger partial charge in [-0.25, -0.2) is 9.97 Å². The Hall–Kier alpha value is -1.89. The van der Waals surface area contributed by atoms with Gasteiger partial charge >= 0.3 is 0 Å². The van der Waals surface area contributed by atoms with Gasteiger partial charge in [-0.1, -0.05) is 42.6 Å². The largest absolute Gasteiger partial charge is 0.489 e. The van der Waals surface area contributed by atoms with Crippen molar-refractivity contribution >= 4 is 11.8 Å². The molecule has 31 heavy (non-hydrogen) atoms. The predicted molar refractivity (Wildman–Crippen MR) is 128 cm³/mol. The number of hydrogen-bond acceptors (Lipinski definition) is 6. The Morgan fingerprint density at radius 3 is 2.81 bits per heavy atom. The molecule has 0 radical (unpaired) electrons. The zero-order valence-electron chi connectivity index (χ0n) is 18.4. The third-order valence-electron chi connectivity index (χ3n) is 6.14. The van der Waals surface area contributed by atoms with Gasteiger partial charge in [0.15, 0.2) is 5.16 Å². The van der Waals surface area contributed by atoms with Crippen LogP contribution in [0.4, 0.5) is 0 Å². The highest BCUT2D eigenvalue weighted by molar-refractivity contribution is 7.99. The maximum Gasteiger partial charge on any atom is 0.187 e. The molecule has 5 nitrogen and oxygen atoms in total. The molecule has 1 aromatic carbocycles. The van der Waals surface area contributed by atoms with Crippen molar-refractivity contribution in [2.24, 2.45) is 0 Å². The van der Waals surface area contributed by atoms with Gasteiger partial charge in [-0.05, 0) is 57.5 Å². The molecule has 0 unspecified atom stereocenters. The first-order valence-electron chi connectivity index (χ1n) is 11.5. The Labute approximate surface area is 190 Å². The van der Waals surface area contributed by atoms with Gasteiger partial charge < -0.3 is 9.64 Å². The van der Waals surface area contributed by atoms with Crippen LogP contribution in [0.5, 0.6) is 5.75 Å². The van der Waals surface area contributed by atoms with E-state index in [-0.39, 0.29) is 0 Å². The van der Waals surface area contributed by atoms with Gasteiger partial charge in [0.1, 0.15) is 12.4 Å². The number of likely N-dealkylation sites (tertiary alicyclic amines) is 2. The average molecular weight is 439 g/mol. The van der Waals surface area contributed by atoms with E-state index in [9.17, 15) is 0 Å². The van der Waals surface area contributed by atoms with E-state index in [2.05, 4.69) is 45.6 Å². The molecule has 2 aliphatic rings. The van der Waals surface area contributed by atoms with Crippen LogP contribution in [-0.4, -0.2) is 64.9 Å². The molecule has 0 N–H and O–H groups in total. The first-order chi connectivity index (χ1) is 15.3. The Morgan fingerprint density at radius 2 is 1.94 bits per heavy atom. The van der Waals surface area contributed by atoms with Gasteiger partial charge in [0.2, 0.25) is 0 Å². The SMILES string of the molecule is C=CCOc1ccccc1CN1CCC[C@@H](c2ccnc(SCCN3CCCC3)n2)C1. The van der Waals surface area contributed by atoms with Crippen LogP contribution in [0.15, 0.2) is 54.3 Å². The number of hydrogen-bond donors (Lipinski definition) is 0. The molecule has 0 bridgehead atoms. The lowest BCUT2D eigenvalue weighted by molar-refractivity contribution is 0.195. The third-order valence-corrected chi connectivity index (χ3v) is 6.98. The van der Waals surface area contributed by atoms with Crippen LogP contribution in [-0.2, 0) is 6.54 Å². The molecule has 0 spiro atoms. The smallest absolute Gasteiger partial charge is 0.187 e. The molecule has 1 aromatic heterocycles. The topological polar surface area (TPSA) is 41.5 Å². The summed E-state index contributed by atoms with van der Waals surface area (Å²) in [5, 5.41) is 0.928. The molecule has 3 heterocycles. The predicted octanol–water partition coefficient (Wildman–Crippen LogP) is 4.61. The summed E-state index contributed by atoms with van der Waals surface area (Å²) in [6.45, 7) is 11.0. The maximum absolute atomic E-state index is 5.86. The Bertz CT molecular complexity index is 840. The van der Waals surface area contributed by atoms with E-state index in [1.54, 1.807) is 17.8 Å². The maximum atomic E-state index is 5.86. The second kappa shape index (κ2) is 11.7. The highest BCUT2D eigenvalue weighted by atomic mass is 32.2. The fourth-order valence-corrected chi connectivity index (χ4v) is 5.37. The molecule has 6 heteroatoms. The lowest BCUT2D eigenvalue weighted by atomic mass is 9.94. The van der Waals surface area contributed by atoms with Crippen LogP contribution in [0, 0.1) is 0 Å². The van der Waals surface area contributed by atoms with Gasteiger partial charge in [0.25, 0.3) is 0 Å². The molecule has 2 aromatic rings. The van der Waals surface area contributed by atoms with Crippen molar-refractivity contribution in [3.63, 3.8) is 0 Å². The molecule has 0 saturated carbocycles. The minimum absolute atomic E-state index is 0.468. The zero-order chi connectivity index (χ0) is 21.3. The fourth-order valence-electron chi connectivity index (χ4n) is 4.53. The molecular weight excluding hydrogens is 404 g/mol. The van der Waals surface area contributed by atoms with Crippen LogP contribution >= 0.6 is 11.8 Å². The highest BCUT2D eigenvalue weighted by Gasteiger charge is 2.23. The number of piperidine rings is 1. The average Bonchev–Trinajstić information content (AvgIpc) is 3.33. The monoisotopic (exact) mass is 438 g/mol. The Kier molecular flexibility index (Phi) is 8.38. The molecule has 0 amide bonds. The van der Waals surface area contributed by atoms with Crippen LogP contribution in [0.1, 0.15) is 42.9 Å². The van der Waals surface area contributed by atoms with Crippen LogP contribution in [0.2, 0.25) is 0 Å². The lowest BCUT2D eigenvalue weighted by Gasteiger charge is -2.32. The third kappa shape index (κ3) is 6.55. The van der Waals surface area contributed by atoms with E-state index in [4.69, 9.17) is 9.72 Å². The first kappa shape index (κ1) is 22.3. The van der Waals surface area contributed by atoms with E-state index >= 15 is 0 Å². The molecule has 2 saturated heterocycles. The second-order valence-electron chi connectivity index (χ2n) is 8.44. The zero-order valence-corrected chi connectivity index (χ0v) is 19.2. The van der Waals surface area contributed by atoms with Crippen molar-refractivity contribution in [2.75, 3.05) is 45.1 Å². The normalized spacial score (nSPS) is 20.1. The van der Waals surface area contributed by atoms with Gasteiger partial charge in [-0.3, -0.25) is 4.90 Å². The summed E-state index contributed by atoms with van der Waals surface area (Å²) in [6, 6.07) is 10.5. The number of benzene rings is 1. The summed E-state index contributed by atoms with van der Waals surface area (Å²) < 4.78 is 5.86. The second-order valence-corrected chi connectivity index (χ2v) is 9.51. The van der Waals surface area contributed by atoms with Gasteiger partial charge in [0, 0.05) is 48.8 Å². The lowest BCUT2D eigenvalue weighted by Crippen LogP contribution is -2.34. The van der Waals surface area contributed by atoms with Crippen molar-refractivity contribution in [1.29, 1.82) is 0 Å². The molecule has 166 valence electrons. The van der Waals surface area contributed by atoms with Crippen LogP contribution < -0.4 is 4.74 Å². The minimum atomic E-state index is 0.468. The van der Waals surface area contributed by atoms with Crippen molar-refractivity contribution in [1.82, 2.24) is 19.8 Å². The number of aromatic nitrogens is 2. The van der Waals surface area contributed by atoms with E-state index in [0.29, 0.717) is 12.5 Å². The van der Waals surface area contributed by atoms with Crippen molar-refractivity contribution < 1.29 is 4.74 Å². The minimum Gasteiger partial charge on any atom is -0.489 e. The molecule has 0 aliphatic carbocycles. The van der Waals surface area contributed by atoms with Crippen LogP contribution in [0.25, 0.3) is 0 Å². The molecule has 4 rings (SSSR count). The number of nitrogens with zero attached hydrogens (tertiary/aromatic N) is 4. The van der Waals surface area contributed by atoms with Crippen molar-refractivity contribution in [3.8, 4) is 5.75 Å². The van der Waals surface area contributed by atoms with Gasteiger partial charge in [0.05, 0.1) is 0 Å². The fraction of sp³-hybridized carbons (Fsp3) is 0.520. The summed E-state index contributed by atoms with van der Waals surface area (Å²) in [6.07, 6.45) is 8.82. The van der Waals surface area contributed by atoms with E-state index in [1.165, 1.54) is 50.0 Å². The molecular formula is C25H34N4OS. The Morgan fingerprint density at radius 1 is 1.10 bits per heavy atom. The summed E-state index contributed by atoms with van der Waals surface area (Å²) in [4.78, 5) is 14.5. The molecule has 2 fully saturated rings. The number of thioether (sulfide) groups is 1. The first-order valence-corrected chi connectivity index (χ1v) is 12.5. The Balaban J connectivity index is 1.33. The number of para-hydroxylation sites is 1. The standard InChI is InChI=1S/C25H34N4OS/c1-2-17-30-24-10-4-3-8-22(24)20-29-15-7-9-21(19-29)23-11-12-26-25(27-23)31-18-16-28-13-5-6-14-28/h2-4,8,10-12,21H,1,5-7,9,13-20H2/t21-/m1/s1. The van der Waals surface area contributed by atoms with E-state index in [1.807, 2.05) is 12.3 Å². The van der Waals surface area contributed by atoms with Crippen molar-refractivity contribution in [2.45, 2.75) is 43.3 Å². The van der Waals surface area contributed by atoms with Gasteiger partial charge in [-0.15, -0.1) is 0 Å². The molecule has 2 aliphatic heterocycles. The van der Waals surface area contributed by atoms with Crippen molar-refractivity contribution in [3.05, 3.63) is 60.4 Å². The number of ether oxygens (including phenoxy) is 1. The van der Waals surface area contributed by atoms with E-state index in [0.717, 1.165) is 42.8 Å². The van der Waals surface area contributed by atoms with Gasteiger partial charge in [-0.2, -0.15) is 0 Å².